The van der Waals surface area contributed by atoms with Gasteiger partial charge < -0.3 is 10.1 Å². The minimum atomic E-state index is -0.0962. The molecule has 1 unspecified atom stereocenters. The molecule has 5 heteroatoms. The van der Waals surface area contributed by atoms with Crippen molar-refractivity contribution < 1.29 is 9.13 Å². The zero-order chi connectivity index (χ0) is 16.4. The van der Waals surface area contributed by atoms with Crippen molar-refractivity contribution in [2.75, 3.05) is 19.7 Å². The topological polar surface area (TPSA) is 39.1 Å². The Bertz CT molecular complexity index is 688. The van der Waals surface area contributed by atoms with E-state index in [0.717, 1.165) is 62.1 Å². The molecule has 0 aliphatic carbocycles. The number of nitrogens with zero attached hydrogens (tertiary/aromatic N) is 2. The Morgan fingerprint density at radius 3 is 2.75 bits per heavy atom. The van der Waals surface area contributed by atoms with Gasteiger partial charge in [0.2, 0.25) is 0 Å². The lowest BCUT2D eigenvalue weighted by atomic mass is 9.89. The molecule has 0 radical (unpaired) electrons. The van der Waals surface area contributed by atoms with Crippen molar-refractivity contribution in [2.45, 2.75) is 44.2 Å². The predicted octanol–water partition coefficient (Wildman–Crippen LogP) is 3.86. The monoisotopic (exact) mass is 329 g/mol. The Morgan fingerprint density at radius 2 is 2.00 bits per heavy atom. The molecule has 0 amide bonds. The number of hydrogen-bond acceptors (Lipinski definition) is 3. The number of benzene rings is 1. The fourth-order valence-electron chi connectivity index (χ4n) is 3.75. The summed E-state index contributed by atoms with van der Waals surface area (Å²) in [6.45, 7) is 2.74. The zero-order valence-electron chi connectivity index (χ0n) is 13.9. The van der Waals surface area contributed by atoms with E-state index >= 15 is 0 Å². The Morgan fingerprint density at radius 1 is 1.12 bits per heavy atom. The van der Waals surface area contributed by atoms with Gasteiger partial charge in [0.05, 0.1) is 6.20 Å². The van der Waals surface area contributed by atoms with Crippen LogP contribution in [0.25, 0.3) is 11.1 Å². The number of piperidine rings is 1. The molecule has 2 aromatic rings. The van der Waals surface area contributed by atoms with Gasteiger partial charge in [-0.2, -0.15) is 5.10 Å². The van der Waals surface area contributed by atoms with Crippen LogP contribution in [0.2, 0.25) is 0 Å². The van der Waals surface area contributed by atoms with E-state index < -0.39 is 0 Å². The third kappa shape index (κ3) is 3.23. The highest BCUT2D eigenvalue weighted by Crippen LogP contribution is 2.31. The van der Waals surface area contributed by atoms with E-state index in [-0.39, 0.29) is 12.0 Å². The molecule has 0 saturated carbocycles. The van der Waals surface area contributed by atoms with Crippen molar-refractivity contribution in [3.8, 4) is 11.1 Å². The summed E-state index contributed by atoms with van der Waals surface area (Å²) in [7, 11) is 0. The van der Waals surface area contributed by atoms with Gasteiger partial charge in [0, 0.05) is 18.4 Å². The van der Waals surface area contributed by atoms with E-state index in [2.05, 4.69) is 10.4 Å². The SMILES string of the molecule is Fc1cc(-c2cnn(C3CCCCO3)c2)ccc1C1CCNCC1. The molecule has 4 rings (SSSR count). The first kappa shape index (κ1) is 15.8. The summed E-state index contributed by atoms with van der Waals surface area (Å²) < 4.78 is 22.2. The van der Waals surface area contributed by atoms with Gasteiger partial charge in [0.15, 0.2) is 0 Å². The second kappa shape index (κ2) is 7.03. The quantitative estimate of drug-likeness (QED) is 0.929. The number of aromatic nitrogens is 2. The minimum absolute atomic E-state index is 0.0198. The lowest BCUT2D eigenvalue weighted by molar-refractivity contribution is -0.0394. The Labute approximate surface area is 142 Å². The number of rotatable bonds is 3. The Balaban J connectivity index is 1.54. The summed E-state index contributed by atoms with van der Waals surface area (Å²) in [6, 6.07) is 5.62. The minimum Gasteiger partial charge on any atom is -0.357 e. The van der Waals surface area contributed by atoms with Crippen LogP contribution in [0.3, 0.4) is 0 Å². The van der Waals surface area contributed by atoms with Crippen LogP contribution in [0.15, 0.2) is 30.6 Å². The third-order valence-electron chi connectivity index (χ3n) is 5.16. The number of nitrogens with one attached hydrogen (secondary N) is 1. The molecule has 2 saturated heterocycles. The summed E-state index contributed by atoms with van der Waals surface area (Å²) in [6.07, 6.45) is 9.08. The van der Waals surface area contributed by atoms with Gasteiger partial charge in [-0.25, -0.2) is 9.07 Å². The first-order valence-electron chi connectivity index (χ1n) is 8.97. The first-order valence-corrected chi connectivity index (χ1v) is 8.97. The lowest BCUT2D eigenvalue weighted by Gasteiger charge is -2.23. The maximum absolute atomic E-state index is 14.6. The maximum Gasteiger partial charge on any atom is 0.150 e. The van der Waals surface area contributed by atoms with Gasteiger partial charge in [-0.3, -0.25) is 0 Å². The molecule has 2 aliphatic rings. The molecule has 2 aliphatic heterocycles. The molecule has 0 spiro atoms. The zero-order valence-corrected chi connectivity index (χ0v) is 13.9. The van der Waals surface area contributed by atoms with E-state index in [4.69, 9.17) is 4.74 Å². The van der Waals surface area contributed by atoms with E-state index in [1.54, 1.807) is 12.3 Å². The third-order valence-corrected chi connectivity index (χ3v) is 5.16. The van der Waals surface area contributed by atoms with Crippen molar-refractivity contribution in [2.24, 2.45) is 0 Å². The summed E-state index contributed by atoms with van der Waals surface area (Å²) in [5.41, 5.74) is 2.68. The van der Waals surface area contributed by atoms with Crippen LogP contribution >= 0.6 is 0 Å². The molecule has 1 atom stereocenters. The molecule has 0 bridgehead atoms. The average molecular weight is 329 g/mol. The van der Waals surface area contributed by atoms with Gasteiger partial charge >= 0.3 is 0 Å². The number of halogens is 1. The van der Waals surface area contributed by atoms with Gasteiger partial charge in [-0.1, -0.05) is 12.1 Å². The second-order valence-corrected chi connectivity index (χ2v) is 6.79. The van der Waals surface area contributed by atoms with Crippen LogP contribution in [-0.2, 0) is 4.74 Å². The standard InChI is InChI=1S/C19H24FN3O/c20-18-11-15(4-5-17(18)14-6-8-21-9-7-14)16-12-22-23(13-16)19-3-1-2-10-24-19/h4-5,11-14,19,21H,1-3,6-10H2. The van der Waals surface area contributed by atoms with E-state index in [9.17, 15) is 4.39 Å². The molecule has 1 aromatic carbocycles. The molecule has 24 heavy (non-hydrogen) atoms. The highest BCUT2D eigenvalue weighted by molar-refractivity contribution is 5.62. The summed E-state index contributed by atoms with van der Waals surface area (Å²) in [5.74, 6) is 0.236. The smallest absolute Gasteiger partial charge is 0.150 e. The van der Waals surface area contributed by atoms with Crippen molar-refractivity contribution in [1.29, 1.82) is 0 Å². The van der Waals surface area contributed by atoms with Crippen molar-refractivity contribution in [3.05, 3.63) is 42.0 Å². The fraction of sp³-hybridized carbons (Fsp3) is 0.526. The molecule has 128 valence electrons. The van der Waals surface area contributed by atoms with Gasteiger partial charge in [-0.15, -0.1) is 0 Å². The fourth-order valence-corrected chi connectivity index (χ4v) is 3.75. The molecule has 1 N–H and O–H groups in total. The molecule has 2 fully saturated rings. The first-order chi connectivity index (χ1) is 11.8. The average Bonchev–Trinajstić information content (AvgIpc) is 3.13. The van der Waals surface area contributed by atoms with E-state index in [0.29, 0.717) is 5.92 Å². The van der Waals surface area contributed by atoms with Crippen LogP contribution in [0, 0.1) is 5.82 Å². The van der Waals surface area contributed by atoms with Crippen LogP contribution in [0.4, 0.5) is 4.39 Å². The normalized spacial score (nSPS) is 22.6. The number of hydrogen-bond donors (Lipinski definition) is 1. The lowest BCUT2D eigenvalue weighted by Crippen LogP contribution is -2.27. The second-order valence-electron chi connectivity index (χ2n) is 6.79. The van der Waals surface area contributed by atoms with E-state index in [1.807, 2.05) is 23.0 Å². The predicted molar refractivity (Wildman–Crippen MR) is 91.3 cm³/mol. The summed E-state index contributed by atoms with van der Waals surface area (Å²) >= 11 is 0. The molecule has 3 heterocycles. The van der Waals surface area contributed by atoms with Gasteiger partial charge in [-0.05, 0) is 68.3 Å². The highest BCUT2D eigenvalue weighted by Gasteiger charge is 2.20. The van der Waals surface area contributed by atoms with Crippen LogP contribution < -0.4 is 5.32 Å². The van der Waals surface area contributed by atoms with Crippen molar-refractivity contribution in [3.63, 3.8) is 0 Å². The van der Waals surface area contributed by atoms with Gasteiger partial charge in [0.25, 0.3) is 0 Å². The van der Waals surface area contributed by atoms with Gasteiger partial charge in [0.1, 0.15) is 12.0 Å². The Kier molecular flexibility index (Phi) is 4.63. The maximum atomic E-state index is 14.6. The van der Waals surface area contributed by atoms with E-state index in [1.165, 1.54) is 6.42 Å². The summed E-state index contributed by atoms with van der Waals surface area (Å²) in [5, 5.41) is 7.75. The molecular weight excluding hydrogens is 305 g/mol. The number of ether oxygens (including phenoxy) is 1. The summed E-state index contributed by atoms with van der Waals surface area (Å²) in [4.78, 5) is 0. The van der Waals surface area contributed by atoms with Crippen LogP contribution in [-0.4, -0.2) is 29.5 Å². The highest BCUT2D eigenvalue weighted by atomic mass is 19.1. The van der Waals surface area contributed by atoms with Crippen LogP contribution in [0.1, 0.15) is 49.8 Å². The largest absolute Gasteiger partial charge is 0.357 e. The molecular formula is C19H24FN3O. The van der Waals surface area contributed by atoms with Crippen molar-refractivity contribution >= 4 is 0 Å². The van der Waals surface area contributed by atoms with Crippen molar-refractivity contribution in [1.82, 2.24) is 15.1 Å². The van der Waals surface area contributed by atoms with Crippen LogP contribution in [0.5, 0.6) is 0 Å². The molecule has 1 aromatic heterocycles. The molecule has 4 nitrogen and oxygen atoms in total. The Hall–Kier alpha value is -1.72.